The number of hydrogen-bond acceptors (Lipinski definition) is 5. The van der Waals surface area contributed by atoms with Crippen molar-refractivity contribution >= 4 is 76.4 Å². The van der Waals surface area contributed by atoms with Gasteiger partial charge in [-0.25, -0.2) is 0 Å². The predicted molar refractivity (Wildman–Crippen MR) is 563 cm³/mol. The van der Waals surface area contributed by atoms with Crippen molar-refractivity contribution in [1.82, 2.24) is 0 Å². The molecular formula is C109H174N8OSc4Si4. The average molecular weight is 1900 g/mol. The number of hydrogen-bond donors (Lipinski definition) is 0. The third-order valence-electron chi connectivity index (χ3n) is 23.6. The van der Waals surface area contributed by atoms with E-state index in [1.54, 1.807) is 0 Å². The number of nitrogens with zero attached hydrogens (tertiary/aromatic N) is 8. The average Bonchev–Trinajstić information content (AvgIpc) is 1.36. The molecular weight excluding hydrogens is 1730 g/mol. The zero-order chi connectivity index (χ0) is 88.2. The normalized spacial score (nSPS) is 16.6. The Hall–Kier alpha value is -3.41. The van der Waals surface area contributed by atoms with E-state index < -0.39 is 32.9 Å². The monoisotopic (exact) mass is 1900 g/mol. The van der Waals surface area contributed by atoms with Crippen molar-refractivity contribution in [2.24, 2.45) is 11.8 Å². The first-order chi connectivity index (χ1) is 55.1. The van der Waals surface area contributed by atoms with Crippen molar-refractivity contribution in [2.45, 2.75) is 271 Å². The van der Waals surface area contributed by atoms with Crippen molar-refractivity contribution in [3.05, 3.63) is 317 Å². The number of aryl methyl sites for hydroxylation is 2. The molecule has 4 aliphatic carbocycles. The van der Waals surface area contributed by atoms with Crippen LogP contribution >= 0.6 is 0 Å². The summed E-state index contributed by atoms with van der Waals surface area (Å²) in [6, 6.07) is 73.2. The van der Waals surface area contributed by atoms with E-state index in [9.17, 15) is 0 Å². The van der Waals surface area contributed by atoms with Gasteiger partial charge in [0, 0.05) is 23.6 Å². The second-order valence-corrected chi connectivity index (χ2v) is 56.0. The van der Waals surface area contributed by atoms with Crippen molar-refractivity contribution < 1.29 is 108 Å². The minimum Gasteiger partial charge on any atom is -0.660 e. The van der Waals surface area contributed by atoms with E-state index >= 15 is 0 Å². The predicted octanol–water partition coefficient (Wildman–Crippen LogP) is 28.6. The van der Waals surface area contributed by atoms with E-state index in [1.165, 1.54) is 138 Å². The van der Waals surface area contributed by atoms with E-state index in [0.29, 0.717) is 6.10 Å². The third-order valence-corrected chi connectivity index (χ3v) is 41.6. The first kappa shape index (κ1) is 129. The summed E-state index contributed by atoms with van der Waals surface area (Å²) < 4.78 is 5.45. The fourth-order valence-corrected chi connectivity index (χ4v) is 37.1. The zero-order valence-corrected chi connectivity index (χ0v) is 97.2. The van der Waals surface area contributed by atoms with Crippen LogP contribution in [0, 0.1) is 83.1 Å². The van der Waals surface area contributed by atoms with Gasteiger partial charge >= 0.3 is 103 Å². The molecule has 0 saturated heterocycles. The van der Waals surface area contributed by atoms with Gasteiger partial charge in [0.05, 0.1) is 6.10 Å². The summed E-state index contributed by atoms with van der Waals surface area (Å²) in [5, 5.41) is 5.94. The van der Waals surface area contributed by atoms with E-state index in [0.717, 1.165) is 56.3 Å². The van der Waals surface area contributed by atoms with Gasteiger partial charge in [0.2, 0.25) is 0 Å². The van der Waals surface area contributed by atoms with Gasteiger partial charge in [-0.3, -0.25) is 0 Å². The minimum atomic E-state index is -2.17. The maximum absolute atomic E-state index is 5.66. The van der Waals surface area contributed by atoms with Crippen LogP contribution in [0.4, 0.5) is 22.7 Å². The number of anilines is 4. The SMILES string of the molecule is CC(C)(C)[N-][Si](c1ccccc1)(c1ccccc1)C1CCCC1.CC1CCC([Si](C)(C)[N-]C(C)(C)C)C1C.COC1CCC([Si](C)(C)[N-]C(C)(C)C)C1.Cc1ccc([Si]([N-]C(C)(C)C)(c2ccc(C)cc2)C2CCCC2)cc1.[CH2-]c1ccccc1N(C)C.[CH2-]c1ccccc1N(C)C.[CH2-]c1ccccc1N(C)C.[CH2-]c1ccccc1N(C)C.[CH3-].[CH3-].[CH3-].[CH3-].[Sc+3].[Sc+3].[Sc+3].[Sc+3]. The molecule has 4 fully saturated rings. The van der Waals surface area contributed by atoms with Crippen LogP contribution in [-0.2, 0) is 108 Å². The quantitative estimate of drug-likeness (QED) is 0.0670. The van der Waals surface area contributed by atoms with Crippen LogP contribution < -0.4 is 40.3 Å². The first-order valence-corrected chi connectivity index (χ1v) is 54.2. The topological polar surface area (TPSA) is 78.6 Å². The smallest absolute Gasteiger partial charge is 0.660 e. The van der Waals surface area contributed by atoms with Gasteiger partial charge in [-0.05, 0) is 94.9 Å². The van der Waals surface area contributed by atoms with Crippen LogP contribution in [-0.4, -0.2) is 125 Å². The molecule has 8 aromatic carbocycles. The van der Waals surface area contributed by atoms with Gasteiger partial charge in [0.15, 0.2) is 0 Å². The summed E-state index contributed by atoms with van der Waals surface area (Å²) in [5.74, 6) is 1.80. The van der Waals surface area contributed by atoms with Crippen molar-refractivity contribution in [2.75, 3.05) is 83.1 Å². The zero-order valence-electron chi connectivity index (χ0n) is 86.0. The Bertz CT molecular complexity index is 3860. The molecule has 0 spiro atoms. The van der Waals surface area contributed by atoms with E-state index in [4.69, 9.17) is 24.7 Å². The molecule has 684 valence electrons. The Morgan fingerprint density at radius 1 is 0.317 bits per heavy atom. The van der Waals surface area contributed by atoms with Gasteiger partial charge < -0.3 is 74.0 Å². The van der Waals surface area contributed by atoms with Crippen LogP contribution in [0.15, 0.2) is 206 Å². The van der Waals surface area contributed by atoms with Gasteiger partial charge in [0.25, 0.3) is 0 Å². The number of rotatable bonds is 17. The fraction of sp³-hybridized carbons (Fsp3) is 0.486. The van der Waals surface area contributed by atoms with Crippen LogP contribution in [0.2, 0.25) is 48.4 Å². The fourth-order valence-electron chi connectivity index (χ4n) is 18.3. The Labute approximate surface area is 858 Å². The van der Waals surface area contributed by atoms with E-state index in [-0.39, 0.29) is 155 Å². The largest absolute Gasteiger partial charge is 3.00 e. The number of para-hydroxylation sites is 4. The molecule has 0 amide bonds. The van der Waals surface area contributed by atoms with Crippen LogP contribution in [0.25, 0.3) is 19.9 Å². The standard InChI is InChI=1S/C23H32NSi.C21H28NSi.C13H28NSi.C12H26NOSi.4C9H12N.4CH3.4Sc/c1-18-10-14-21(15-11-18)25(24-23(3,4)5,20-8-6-7-9-20)22-16-12-19(2)13-17-22;1-21(2,3)22-23(20-16-10-11-17-20,18-12-6-4-7-13-18)19-14-8-5-9-15-19;1-10-8-9-12(11(10)2)15(6,7)14-13(3,4)5;1-12(2,3)13-15(5,6)11-8-7-10(9-11)14-4;4*1-8-6-4-5-7-9(8)10(2)3;;;;;;;;/h10-17,20H,6-9H2,1-5H3;4-9,12-15,20H,10-11,16-17H2,1-3H3;10-12H,8-9H2,1-7H3;10-11H,7-9H2,1-6H3;4*4-7H,1H2,2-3H3;4*1H3;;;;/q12*-1;4*+3. The summed E-state index contributed by atoms with van der Waals surface area (Å²) in [6.07, 6.45) is 17.9. The summed E-state index contributed by atoms with van der Waals surface area (Å²) in [7, 11) is 10.9. The molecule has 0 heterocycles. The number of ether oxygens (including phenoxy) is 1. The minimum absolute atomic E-state index is 0. The van der Waals surface area contributed by atoms with Gasteiger partial charge in [-0.2, -0.15) is 74.2 Å². The summed E-state index contributed by atoms with van der Waals surface area (Å²) >= 11 is 0. The Morgan fingerprint density at radius 3 is 0.794 bits per heavy atom. The Kier molecular flexibility index (Phi) is 61.4. The number of methoxy groups -OCH3 is 1. The molecule has 126 heavy (non-hydrogen) atoms. The molecule has 17 heteroatoms. The molecule has 0 radical (unpaired) electrons. The molecule has 9 nitrogen and oxygen atoms in total. The molecule has 4 aliphatic rings. The van der Waals surface area contributed by atoms with Crippen LogP contribution in [0.1, 0.15) is 214 Å². The van der Waals surface area contributed by atoms with E-state index in [2.05, 4.69) is 318 Å². The van der Waals surface area contributed by atoms with Crippen molar-refractivity contribution in [3.8, 4) is 0 Å². The van der Waals surface area contributed by atoms with Gasteiger partial charge in [-0.1, -0.05) is 445 Å². The number of benzene rings is 8. The Balaban J connectivity index is -0.000000686. The molecule has 0 aromatic heterocycles. The Morgan fingerprint density at radius 2 is 0.571 bits per heavy atom. The molecule has 5 unspecified atom stereocenters. The second-order valence-electron chi connectivity index (χ2n) is 39.9. The van der Waals surface area contributed by atoms with Crippen molar-refractivity contribution in [1.29, 1.82) is 0 Å². The van der Waals surface area contributed by atoms with Crippen LogP contribution in [0.5, 0.6) is 0 Å². The maximum atomic E-state index is 5.66. The van der Waals surface area contributed by atoms with Crippen LogP contribution in [0.3, 0.4) is 0 Å². The maximum Gasteiger partial charge on any atom is 3.00 e. The van der Waals surface area contributed by atoms with Gasteiger partial charge in [0.1, 0.15) is 0 Å². The molecule has 8 aromatic rings. The summed E-state index contributed by atoms with van der Waals surface area (Å²) in [6.45, 7) is 61.5. The summed E-state index contributed by atoms with van der Waals surface area (Å²) in [4.78, 5) is 29.7. The van der Waals surface area contributed by atoms with Crippen molar-refractivity contribution in [3.63, 3.8) is 0 Å². The summed E-state index contributed by atoms with van der Waals surface area (Å²) in [5.41, 5.74) is 15.1. The molecule has 0 aliphatic heterocycles. The molecule has 0 bridgehead atoms. The molecule has 4 saturated carbocycles. The third kappa shape index (κ3) is 42.0. The second kappa shape index (κ2) is 60.1. The molecule has 12 rings (SSSR count). The molecule has 0 N–H and O–H groups in total. The van der Waals surface area contributed by atoms with E-state index in [1.807, 2.05) is 136 Å². The van der Waals surface area contributed by atoms with Gasteiger partial charge in [-0.15, -0.1) is 46.4 Å². The first-order valence-electron chi connectivity index (χ1n) is 44.2. The molecule has 5 atom stereocenters.